The second-order valence-electron chi connectivity index (χ2n) is 3.70. The number of nitrogens with zero attached hydrogens (tertiary/aromatic N) is 1. The monoisotopic (exact) mass is 207 g/mol. The molecule has 0 unspecified atom stereocenters. The normalized spacial score (nSPS) is 10.5. The van der Waals surface area contributed by atoms with E-state index in [2.05, 4.69) is 10.3 Å². The molecular formula is C12H21N3. The number of hydrogen-bond donors (Lipinski definition) is 2. The Kier molecular flexibility index (Phi) is 6.79. The van der Waals surface area contributed by atoms with E-state index in [0.717, 1.165) is 31.7 Å². The Balaban J connectivity index is 1.93. The van der Waals surface area contributed by atoms with Crippen molar-refractivity contribution >= 4 is 0 Å². The largest absolute Gasteiger partial charge is 0.330 e. The molecule has 0 aliphatic rings. The summed E-state index contributed by atoms with van der Waals surface area (Å²) < 4.78 is 0. The van der Waals surface area contributed by atoms with Gasteiger partial charge < -0.3 is 11.1 Å². The molecule has 1 heterocycles. The highest BCUT2D eigenvalue weighted by molar-refractivity contribution is 5.02. The average molecular weight is 207 g/mol. The minimum absolute atomic E-state index is 0.821. The summed E-state index contributed by atoms with van der Waals surface area (Å²) in [5, 5.41) is 3.38. The lowest BCUT2D eigenvalue weighted by Crippen LogP contribution is -2.15. The highest BCUT2D eigenvalue weighted by atomic mass is 14.9. The third-order valence-corrected chi connectivity index (χ3v) is 2.34. The summed E-state index contributed by atoms with van der Waals surface area (Å²) in [6.07, 6.45) is 6.74. The molecule has 0 saturated heterocycles. The van der Waals surface area contributed by atoms with Crippen LogP contribution in [0.4, 0.5) is 0 Å². The molecular weight excluding hydrogens is 186 g/mol. The SMILES string of the molecule is NCCCCCCNCc1ccccn1. The van der Waals surface area contributed by atoms with Gasteiger partial charge >= 0.3 is 0 Å². The molecule has 0 spiro atoms. The third kappa shape index (κ3) is 6.20. The van der Waals surface area contributed by atoms with Gasteiger partial charge in [0.2, 0.25) is 0 Å². The van der Waals surface area contributed by atoms with E-state index in [1.165, 1.54) is 19.3 Å². The minimum Gasteiger partial charge on any atom is -0.330 e. The van der Waals surface area contributed by atoms with E-state index < -0.39 is 0 Å². The number of unbranched alkanes of at least 4 members (excludes halogenated alkanes) is 3. The number of aromatic nitrogens is 1. The van der Waals surface area contributed by atoms with Crippen molar-refractivity contribution in [3.8, 4) is 0 Å². The van der Waals surface area contributed by atoms with E-state index in [-0.39, 0.29) is 0 Å². The summed E-state index contributed by atoms with van der Waals surface area (Å²) >= 11 is 0. The van der Waals surface area contributed by atoms with Gasteiger partial charge in [0.05, 0.1) is 5.69 Å². The Hall–Kier alpha value is -0.930. The van der Waals surface area contributed by atoms with Crippen LogP contribution in [0.2, 0.25) is 0 Å². The van der Waals surface area contributed by atoms with Crippen molar-refractivity contribution in [2.24, 2.45) is 5.73 Å². The maximum Gasteiger partial charge on any atom is 0.0541 e. The molecule has 0 aliphatic carbocycles. The van der Waals surface area contributed by atoms with Crippen LogP contribution in [0.25, 0.3) is 0 Å². The molecule has 0 saturated carbocycles. The molecule has 0 aromatic carbocycles. The Morgan fingerprint density at radius 2 is 2.00 bits per heavy atom. The van der Waals surface area contributed by atoms with Gasteiger partial charge in [-0.2, -0.15) is 0 Å². The molecule has 1 aromatic rings. The van der Waals surface area contributed by atoms with Crippen LogP contribution in [-0.2, 0) is 6.54 Å². The molecule has 1 aromatic heterocycles. The van der Waals surface area contributed by atoms with Crippen LogP contribution >= 0.6 is 0 Å². The number of nitrogens with two attached hydrogens (primary N) is 1. The first kappa shape index (κ1) is 12.1. The highest BCUT2D eigenvalue weighted by Gasteiger charge is 1.92. The second kappa shape index (κ2) is 8.38. The maximum atomic E-state index is 5.42. The molecule has 0 bridgehead atoms. The van der Waals surface area contributed by atoms with Gasteiger partial charge in [0.25, 0.3) is 0 Å². The summed E-state index contributed by atoms with van der Waals surface area (Å²) in [5.41, 5.74) is 6.53. The Labute approximate surface area is 92.1 Å². The first-order valence-corrected chi connectivity index (χ1v) is 5.74. The summed E-state index contributed by atoms with van der Waals surface area (Å²) in [6.45, 7) is 2.76. The molecule has 0 radical (unpaired) electrons. The number of rotatable bonds is 8. The smallest absolute Gasteiger partial charge is 0.0541 e. The predicted octanol–water partition coefficient (Wildman–Crippen LogP) is 1.69. The van der Waals surface area contributed by atoms with Gasteiger partial charge in [-0.15, -0.1) is 0 Å². The predicted molar refractivity (Wildman–Crippen MR) is 63.5 cm³/mol. The van der Waals surface area contributed by atoms with Crippen molar-refractivity contribution in [2.45, 2.75) is 32.2 Å². The fourth-order valence-corrected chi connectivity index (χ4v) is 1.47. The van der Waals surface area contributed by atoms with Crippen molar-refractivity contribution in [1.29, 1.82) is 0 Å². The summed E-state index contributed by atoms with van der Waals surface area (Å²) in [6, 6.07) is 6.00. The zero-order chi connectivity index (χ0) is 10.8. The molecule has 0 fully saturated rings. The van der Waals surface area contributed by atoms with Crippen molar-refractivity contribution in [2.75, 3.05) is 13.1 Å². The minimum atomic E-state index is 0.821. The summed E-state index contributed by atoms with van der Waals surface area (Å²) in [5.74, 6) is 0. The van der Waals surface area contributed by atoms with Crippen LogP contribution in [0.1, 0.15) is 31.4 Å². The lowest BCUT2D eigenvalue weighted by Gasteiger charge is -2.03. The molecule has 0 aliphatic heterocycles. The van der Waals surface area contributed by atoms with Crippen LogP contribution in [-0.4, -0.2) is 18.1 Å². The van der Waals surface area contributed by atoms with E-state index >= 15 is 0 Å². The number of nitrogens with one attached hydrogen (secondary N) is 1. The number of pyridine rings is 1. The fourth-order valence-electron chi connectivity index (χ4n) is 1.47. The topological polar surface area (TPSA) is 50.9 Å². The Morgan fingerprint density at radius 1 is 1.13 bits per heavy atom. The quantitative estimate of drug-likeness (QED) is 0.638. The number of hydrogen-bond acceptors (Lipinski definition) is 3. The molecule has 84 valence electrons. The van der Waals surface area contributed by atoms with E-state index in [0.29, 0.717) is 0 Å². The van der Waals surface area contributed by atoms with Crippen LogP contribution in [0.3, 0.4) is 0 Å². The van der Waals surface area contributed by atoms with Gasteiger partial charge in [0, 0.05) is 12.7 Å². The fraction of sp³-hybridized carbons (Fsp3) is 0.583. The Bertz CT molecular complexity index is 236. The molecule has 0 amide bonds. The van der Waals surface area contributed by atoms with Crippen molar-refractivity contribution in [1.82, 2.24) is 10.3 Å². The second-order valence-corrected chi connectivity index (χ2v) is 3.70. The van der Waals surface area contributed by atoms with Crippen molar-refractivity contribution in [3.05, 3.63) is 30.1 Å². The van der Waals surface area contributed by atoms with Crippen LogP contribution < -0.4 is 11.1 Å². The van der Waals surface area contributed by atoms with Gasteiger partial charge in [0.1, 0.15) is 0 Å². The summed E-state index contributed by atoms with van der Waals surface area (Å²) in [7, 11) is 0. The van der Waals surface area contributed by atoms with Crippen LogP contribution in [0.15, 0.2) is 24.4 Å². The molecule has 1 rings (SSSR count). The third-order valence-electron chi connectivity index (χ3n) is 2.34. The Morgan fingerprint density at radius 3 is 2.73 bits per heavy atom. The first-order chi connectivity index (χ1) is 7.43. The standard InChI is InChI=1S/C12H21N3/c13-8-4-1-2-5-9-14-11-12-7-3-6-10-15-12/h3,6-7,10,14H,1-2,4-5,8-9,11,13H2. The van der Waals surface area contributed by atoms with Gasteiger partial charge in [0.15, 0.2) is 0 Å². The van der Waals surface area contributed by atoms with E-state index in [9.17, 15) is 0 Å². The van der Waals surface area contributed by atoms with Crippen LogP contribution in [0.5, 0.6) is 0 Å². The molecule has 3 heteroatoms. The zero-order valence-electron chi connectivity index (χ0n) is 9.28. The molecule has 0 atom stereocenters. The first-order valence-electron chi connectivity index (χ1n) is 5.74. The van der Waals surface area contributed by atoms with Crippen molar-refractivity contribution < 1.29 is 0 Å². The van der Waals surface area contributed by atoms with E-state index in [1.54, 1.807) is 0 Å². The van der Waals surface area contributed by atoms with E-state index in [1.807, 2.05) is 24.4 Å². The highest BCUT2D eigenvalue weighted by Crippen LogP contribution is 1.97. The van der Waals surface area contributed by atoms with Gasteiger partial charge in [-0.25, -0.2) is 0 Å². The van der Waals surface area contributed by atoms with Crippen LogP contribution in [0, 0.1) is 0 Å². The van der Waals surface area contributed by atoms with E-state index in [4.69, 9.17) is 5.73 Å². The molecule has 15 heavy (non-hydrogen) atoms. The lowest BCUT2D eigenvalue weighted by atomic mass is 10.2. The van der Waals surface area contributed by atoms with Crippen molar-refractivity contribution in [3.63, 3.8) is 0 Å². The zero-order valence-corrected chi connectivity index (χ0v) is 9.28. The van der Waals surface area contributed by atoms with Gasteiger partial charge in [-0.3, -0.25) is 4.98 Å². The van der Waals surface area contributed by atoms with Gasteiger partial charge in [-0.1, -0.05) is 18.9 Å². The molecule has 3 N–H and O–H groups in total. The average Bonchev–Trinajstić information content (AvgIpc) is 2.29. The molecule has 3 nitrogen and oxygen atoms in total. The summed E-state index contributed by atoms with van der Waals surface area (Å²) in [4.78, 5) is 4.25. The lowest BCUT2D eigenvalue weighted by molar-refractivity contribution is 0.586. The van der Waals surface area contributed by atoms with Gasteiger partial charge in [-0.05, 0) is 38.1 Å². The maximum absolute atomic E-state index is 5.42.